The molecule has 146 valence electrons. The predicted octanol–water partition coefficient (Wildman–Crippen LogP) is 3.80. The van der Waals surface area contributed by atoms with Crippen LogP contribution in [0, 0.1) is 0 Å². The molecule has 8 heteroatoms. The van der Waals surface area contributed by atoms with E-state index >= 15 is 0 Å². The minimum absolute atomic E-state index is 0.545. The van der Waals surface area contributed by atoms with Crippen LogP contribution in [0.15, 0.2) is 0 Å². The van der Waals surface area contributed by atoms with Gasteiger partial charge in [0.1, 0.15) is 0 Å². The average Bonchev–Trinajstić information content (AvgIpc) is 2.64. The zero-order chi connectivity index (χ0) is 18.8. The lowest BCUT2D eigenvalue weighted by Gasteiger charge is -2.34. The van der Waals surface area contributed by atoms with E-state index in [1.54, 1.807) is 0 Å². The zero-order valence-electron chi connectivity index (χ0n) is 15.4. The van der Waals surface area contributed by atoms with Crippen molar-refractivity contribution in [2.75, 3.05) is 66.5 Å². The van der Waals surface area contributed by atoms with Gasteiger partial charge in [0.15, 0.2) is 0 Å². The highest BCUT2D eigenvalue weighted by Crippen LogP contribution is 2.42. The molecule has 0 radical (unpaired) electrons. The van der Waals surface area contributed by atoms with Crippen LogP contribution in [0.2, 0.25) is 20.1 Å². The molecule has 2 heterocycles. The van der Waals surface area contributed by atoms with Crippen LogP contribution in [0.5, 0.6) is 0 Å². The third kappa shape index (κ3) is 4.79. The van der Waals surface area contributed by atoms with E-state index in [0.717, 1.165) is 63.5 Å². The van der Waals surface area contributed by atoms with Crippen LogP contribution in [0.3, 0.4) is 0 Å². The maximum Gasteiger partial charge on any atom is 0.0656 e. The highest BCUT2D eigenvalue weighted by atomic mass is 35.5. The monoisotopic (exact) mass is 438 g/mol. The molecule has 0 N–H and O–H groups in total. The first-order valence-corrected chi connectivity index (χ1v) is 10.5. The van der Waals surface area contributed by atoms with Crippen molar-refractivity contribution in [1.82, 2.24) is 19.6 Å². The van der Waals surface area contributed by atoms with Gasteiger partial charge in [-0.25, -0.2) is 0 Å². The number of likely N-dealkylation sites (N-methyl/N-ethyl adjacent to an activating group) is 2. The zero-order valence-corrected chi connectivity index (χ0v) is 18.4. The standard InChI is InChI=1S/C18H26Cl4N4/c1-23-3-7-25(8-4-23)11-13-15(19)17(21)14(18(22)16(13)20)12-26-9-5-24(2)6-10-26/h3-12H2,1-2H3. The summed E-state index contributed by atoms with van der Waals surface area (Å²) in [6, 6.07) is 0. The van der Waals surface area contributed by atoms with Gasteiger partial charge in [0.25, 0.3) is 0 Å². The SMILES string of the molecule is CN1CCN(Cc2c(Cl)c(Cl)c(CN3CCN(C)CC3)c(Cl)c2Cl)CC1. The average molecular weight is 440 g/mol. The Morgan fingerprint density at radius 3 is 1.08 bits per heavy atom. The third-order valence-electron chi connectivity index (χ3n) is 5.40. The second-order valence-corrected chi connectivity index (χ2v) is 8.88. The summed E-state index contributed by atoms with van der Waals surface area (Å²) in [6.07, 6.45) is 0. The molecule has 0 atom stereocenters. The predicted molar refractivity (Wildman–Crippen MR) is 112 cm³/mol. The lowest BCUT2D eigenvalue weighted by molar-refractivity contribution is 0.147. The number of hydrogen-bond acceptors (Lipinski definition) is 4. The van der Waals surface area contributed by atoms with Crippen LogP contribution in [-0.2, 0) is 13.1 Å². The molecular formula is C18H26Cl4N4. The number of rotatable bonds is 4. The summed E-state index contributed by atoms with van der Waals surface area (Å²) in [5, 5.41) is 2.18. The van der Waals surface area contributed by atoms with Crippen molar-refractivity contribution in [1.29, 1.82) is 0 Å². The highest BCUT2D eigenvalue weighted by Gasteiger charge is 2.25. The third-order valence-corrected chi connectivity index (χ3v) is 7.26. The Bertz CT molecular complexity index is 555. The van der Waals surface area contributed by atoms with Crippen LogP contribution in [0.1, 0.15) is 11.1 Å². The van der Waals surface area contributed by atoms with E-state index in [4.69, 9.17) is 46.4 Å². The summed E-state index contributed by atoms with van der Waals surface area (Å²) in [7, 11) is 4.27. The molecule has 0 aliphatic carbocycles. The molecule has 0 spiro atoms. The molecule has 0 amide bonds. The fraction of sp³-hybridized carbons (Fsp3) is 0.667. The van der Waals surface area contributed by atoms with Crippen molar-refractivity contribution >= 4 is 46.4 Å². The summed E-state index contributed by atoms with van der Waals surface area (Å²) in [6.45, 7) is 9.47. The molecule has 1 aromatic rings. The van der Waals surface area contributed by atoms with E-state index in [1.165, 1.54) is 0 Å². The van der Waals surface area contributed by atoms with Gasteiger partial charge >= 0.3 is 0 Å². The molecule has 2 saturated heterocycles. The smallest absolute Gasteiger partial charge is 0.0656 e. The van der Waals surface area contributed by atoms with Crippen LogP contribution in [0.4, 0.5) is 0 Å². The highest BCUT2D eigenvalue weighted by molar-refractivity contribution is 6.48. The van der Waals surface area contributed by atoms with Crippen molar-refractivity contribution in [3.8, 4) is 0 Å². The Kier molecular flexibility index (Phi) is 7.37. The normalized spacial score (nSPS) is 21.5. The Hall–Kier alpha value is 0.220. The van der Waals surface area contributed by atoms with Gasteiger partial charge in [-0.15, -0.1) is 0 Å². The van der Waals surface area contributed by atoms with Crippen molar-refractivity contribution in [2.24, 2.45) is 0 Å². The van der Waals surface area contributed by atoms with E-state index in [-0.39, 0.29) is 0 Å². The lowest BCUT2D eigenvalue weighted by Crippen LogP contribution is -2.44. The van der Waals surface area contributed by atoms with Crippen LogP contribution >= 0.6 is 46.4 Å². The van der Waals surface area contributed by atoms with Gasteiger partial charge < -0.3 is 9.80 Å². The van der Waals surface area contributed by atoms with E-state index < -0.39 is 0 Å². The first-order valence-electron chi connectivity index (χ1n) is 9.02. The first kappa shape index (κ1) is 20.9. The number of hydrogen-bond donors (Lipinski definition) is 0. The van der Waals surface area contributed by atoms with Gasteiger partial charge in [-0.1, -0.05) is 46.4 Å². The quantitative estimate of drug-likeness (QED) is 0.661. The molecule has 3 rings (SSSR count). The molecule has 4 nitrogen and oxygen atoms in total. The van der Waals surface area contributed by atoms with Crippen LogP contribution in [0.25, 0.3) is 0 Å². The first-order chi connectivity index (χ1) is 12.4. The second kappa shape index (κ2) is 9.15. The number of piperazine rings is 2. The summed E-state index contributed by atoms with van der Waals surface area (Å²) in [4.78, 5) is 9.33. The van der Waals surface area contributed by atoms with Gasteiger partial charge in [-0.2, -0.15) is 0 Å². The summed E-state index contributed by atoms with van der Waals surface area (Å²) in [5.41, 5.74) is 1.69. The van der Waals surface area contributed by atoms with Gasteiger partial charge in [0.2, 0.25) is 0 Å². The fourth-order valence-corrected chi connectivity index (χ4v) is 4.63. The van der Waals surface area contributed by atoms with Gasteiger partial charge in [0.05, 0.1) is 20.1 Å². The summed E-state index contributed by atoms with van der Waals surface area (Å²) in [5.74, 6) is 0. The number of nitrogens with zero attached hydrogens (tertiary/aromatic N) is 4. The van der Waals surface area contributed by atoms with Crippen LogP contribution in [-0.4, -0.2) is 86.1 Å². The topological polar surface area (TPSA) is 13.0 Å². The van der Waals surface area contributed by atoms with Crippen LogP contribution < -0.4 is 0 Å². The Labute approximate surface area is 176 Å². The fourth-order valence-electron chi connectivity index (χ4n) is 3.46. The maximum absolute atomic E-state index is 6.63. The molecule has 1 aromatic carbocycles. The van der Waals surface area contributed by atoms with Gasteiger partial charge in [-0.05, 0) is 14.1 Å². The van der Waals surface area contributed by atoms with Gasteiger partial charge in [0, 0.05) is 76.6 Å². The summed E-state index contributed by atoms with van der Waals surface area (Å²) >= 11 is 26.5. The number of benzene rings is 1. The van der Waals surface area contributed by atoms with Gasteiger partial charge in [-0.3, -0.25) is 9.80 Å². The van der Waals surface area contributed by atoms with Crippen molar-refractivity contribution < 1.29 is 0 Å². The second-order valence-electron chi connectivity index (χ2n) is 7.37. The van der Waals surface area contributed by atoms with Crippen molar-refractivity contribution in [2.45, 2.75) is 13.1 Å². The van der Waals surface area contributed by atoms with E-state index in [0.29, 0.717) is 33.2 Å². The molecule has 2 aliphatic rings. The number of halogens is 4. The molecule has 0 unspecified atom stereocenters. The molecule has 26 heavy (non-hydrogen) atoms. The molecule has 0 saturated carbocycles. The molecular weight excluding hydrogens is 414 g/mol. The van der Waals surface area contributed by atoms with E-state index in [9.17, 15) is 0 Å². The molecule has 0 aromatic heterocycles. The minimum Gasteiger partial charge on any atom is -0.304 e. The Balaban J connectivity index is 1.78. The van der Waals surface area contributed by atoms with Crippen molar-refractivity contribution in [3.63, 3.8) is 0 Å². The summed E-state index contributed by atoms with van der Waals surface area (Å²) < 4.78 is 0. The van der Waals surface area contributed by atoms with Crippen molar-refractivity contribution in [3.05, 3.63) is 31.2 Å². The largest absolute Gasteiger partial charge is 0.304 e. The Morgan fingerprint density at radius 2 is 0.808 bits per heavy atom. The van der Waals surface area contributed by atoms with E-state index in [1.807, 2.05) is 0 Å². The van der Waals surface area contributed by atoms with E-state index in [2.05, 4.69) is 33.7 Å². The lowest BCUT2D eigenvalue weighted by atomic mass is 10.1. The molecule has 0 bridgehead atoms. The minimum atomic E-state index is 0.545. The molecule has 2 fully saturated rings. The Morgan fingerprint density at radius 1 is 0.538 bits per heavy atom. The molecule has 2 aliphatic heterocycles. The maximum atomic E-state index is 6.63.